The highest BCUT2D eigenvalue weighted by molar-refractivity contribution is 5.93. The van der Waals surface area contributed by atoms with Crippen molar-refractivity contribution in [1.29, 1.82) is 0 Å². The van der Waals surface area contributed by atoms with Crippen LogP contribution in [-0.4, -0.2) is 44.9 Å². The Hall–Kier alpha value is -1.88. The first-order chi connectivity index (χ1) is 11.6. The van der Waals surface area contributed by atoms with Crippen molar-refractivity contribution in [2.24, 2.45) is 0 Å². The van der Waals surface area contributed by atoms with Gasteiger partial charge in [-0.15, -0.1) is 0 Å². The number of amides is 1. The van der Waals surface area contributed by atoms with E-state index in [9.17, 15) is 4.79 Å². The highest BCUT2D eigenvalue weighted by atomic mass is 16.2. The lowest BCUT2D eigenvalue weighted by atomic mass is 9.81. The fraction of sp³-hybridized carbons (Fsp3) is 0.579. The van der Waals surface area contributed by atoms with E-state index in [1.165, 1.54) is 12.8 Å². The molecule has 5 nitrogen and oxygen atoms in total. The van der Waals surface area contributed by atoms with Crippen LogP contribution in [0.1, 0.15) is 55.2 Å². The third-order valence-electron chi connectivity index (χ3n) is 5.82. The zero-order chi connectivity index (χ0) is 16.7. The molecule has 2 aliphatic rings. The number of hydrogen-bond acceptors (Lipinski definition) is 3. The second-order valence-corrected chi connectivity index (χ2v) is 7.48. The maximum atomic E-state index is 13.2. The lowest BCUT2D eigenvalue weighted by Gasteiger charge is -2.48. The maximum Gasteiger partial charge on any atom is 0.274 e. The molecular weight excluding hydrogens is 300 g/mol. The van der Waals surface area contributed by atoms with Gasteiger partial charge in [0.25, 0.3) is 5.91 Å². The van der Waals surface area contributed by atoms with E-state index >= 15 is 0 Å². The number of fused-ring (bicyclic) bond motifs is 2. The number of piperidine rings is 1. The molecule has 128 valence electrons. The molecule has 2 aromatic rings. The minimum atomic E-state index is 0.0412. The highest BCUT2D eigenvalue weighted by Gasteiger charge is 2.43. The molecule has 0 aliphatic carbocycles. The molecule has 0 unspecified atom stereocenters. The predicted molar refractivity (Wildman–Crippen MR) is 94.2 cm³/mol. The van der Waals surface area contributed by atoms with Gasteiger partial charge in [0.1, 0.15) is 11.3 Å². The van der Waals surface area contributed by atoms with Crippen molar-refractivity contribution in [1.82, 2.24) is 19.6 Å². The second kappa shape index (κ2) is 5.88. The van der Waals surface area contributed by atoms with Gasteiger partial charge in [-0.2, -0.15) is 0 Å². The van der Waals surface area contributed by atoms with E-state index in [1.807, 2.05) is 35.7 Å². The third kappa shape index (κ3) is 2.51. The first-order valence-electron chi connectivity index (χ1n) is 9.09. The lowest BCUT2D eigenvalue weighted by molar-refractivity contribution is 0.0375. The Morgan fingerprint density at radius 1 is 1.33 bits per heavy atom. The first kappa shape index (κ1) is 15.6. The monoisotopic (exact) mass is 326 g/mol. The van der Waals surface area contributed by atoms with E-state index in [0.29, 0.717) is 5.69 Å². The van der Waals surface area contributed by atoms with Gasteiger partial charge < -0.3 is 14.6 Å². The fourth-order valence-corrected chi connectivity index (χ4v) is 4.44. The second-order valence-electron chi connectivity index (χ2n) is 7.48. The topological polar surface area (TPSA) is 49.6 Å². The molecule has 2 fully saturated rings. The number of likely N-dealkylation sites (tertiary alicyclic amines) is 1. The number of rotatable bonds is 1. The summed E-state index contributed by atoms with van der Waals surface area (Å²) in [7, 11) is 0. The normalized spacial score (nSPS) is 27.8. The Balaban J connectivity index is 1.68. The number of carbonyl (C=O) groups is 1. The number of nitrogens with zero attached hydrogens (tertiary/aromatic N) is 3. The van der Waals surface area contributed by atoms with Gasteiger partial charge in [0.2, 0.25) is 0 Å². The molecule has 2 saturated heterocycles. The van der Waals surface area contributed by atoms with Crippen LogP contribution in [0.25, 0.3) is 5.65 Å². The van der Waals surface area contributed by atoms with Crippen LogP contribution in [0, 0.1) is 6.92 Å². The zero-order valence-electron chi connectivity index (χ0n) is 14.6. The average Bonchev–Trinajstić information content (AvgIpc) is 2.91. The van der Waals surface area contributed by atoms with E-state index < -0.39 is 0 Å². The van der Waals surface area contributed by atoms with Crippen molar-refractivity contribution in [3.8, 4) is 0 Å². The van der Waals surface area contributed by atoms with Crippen molar-refractivity contribution in [3.63, 3.8) is 0 Å². The number of pyridine rings is 1. The van der Waals surface area contributed by atoms with Gasteiger partial charge in [-0.1, -0.05) is 12.5 Å². The largest absolute Gasteiger partial charge is 0.332 e. The molecule has 1 amide bonds. The molecule has 0 saturated carbocycles. The molecule has 0 radical (unpaired) electrons. The number of imidazole rings is 1. The summed E-state index contributed by atoms with van der Waals surface area (Å²) in [5.74, 6) is 0.0812. The van der Waals surface area contributed by atoms with E-state index in [-0.39, 0.29) is 17.5 Å². The molecule has 2 aliphatic heterocycles. The van der Waals surface area contributed by atoms with E-state index in [4.69, 9.17) is 0 Å². The van der Waals surface area contributed by atoms with Crippen molar-refractivity contribution in [2.45, 2.75) is 57.5 Å². The van der Waals surface area contributed by atoms with Crippen LogP contribution in [-0.2, 0) is 0 Å². The number of aromatic nitrogens is 2. The van der Waals surface area contributed by atoms with Gasteiger partial charge in [-0.3, -0.25) is 4.79 Å². The van der Waals surface area contributed by atoms with Gasteiger partial charge in [0.15, 0.2) is 0 Å². The summed E-state index contributed by atoms with van der Waals surface area (Å²) in [4.78, 5) is 19.9. The zero-order valence-corrected chi connectivity index (χ0v) is 14.6. The quantitative estimate of drug-likeness (QED) is 0.877. The molecule has 2 aromatic heterocycles. The van der Waals surface area contributed by atoms with Crippen LogP contribution < -0.4 is 5.32 Å². The molecule has 2 atom stereocenters. The van der Waals surface area contributed by atoms with Gasteiger partial charge >= 0.3 is 0 Å². The van der Waals surface area contributed by atoms with Crippen LogP contribution in [0.4, 0.5) is 0 Å². The third-order valence-corrected chi connectivity index (χ3v) is 5.82. The van der Waals surface area contributed by atoms with Crippen LogP contribution in [0.15, 0.2) is 24.4 Å². The van der Waals surface area contributed by atoms with Crippen LogP contribution in [0.2, 0.25) is 0 Å². The summed E-state index contributed by atoms with van der Waals surface area (Å²) in [6.45, 7) is 6.22. The molecule has 0 spiro atoms. The first-order valence-corrected chi connectivity index (χ1v) is 9.09. The summed E-state index contributed by atoms with van der Waals surface area (Å²) in [5.41, 5.74) is 2.55. The number of aryl methyl sites for hydroxylation is 1. The number of nitrogens with one attached hydrogen (secondary N) is 1. The van der Waals surface area contributed by atoms with Crippen molar-refractivity contribution < 1.29 is 4.79 Å². The van der Waals surface area contributed by atoms with Gasteiger partial charge in [-0.05, 0) is 58.2 Å². The molecule has 1 N–H and O–H groups in total. The summed E-state index contributed by atoms with van der Waals surface area (Å²) >= 11 is 0. The van der Waals surface area contributed by atoms with E-state index in [2.05, 4.69) is 22.1 Å². The summed E-state index contributed by atoms with van der Waals surface area (Å²) in [6, 6.07) is 6.25. The summed E-state index contributed by atoms with van der Waals surface area (Å²) in [6.07, 6.45) is 7.55. The fourth-order valence-electron chi connectivity index (χ4n) is 4.44. The average molecular weight is 326 g/mol. The number of hydrogen-bond donors (Lipinski definition) is 1. The Morgan fingerprint density at radius 3 is 3.04 bits per heavy atom. The molecule has 0 aromatic carbocycles. The Kier molecular flexibility index (Phi) is 3.83. The Labute approximate surface area is 143 Å². The Bertz CT molecular complexity index is 768. The highest BCUT2D eigenvalue weighted by Crippen LogP contribution is 2.33. The molecule has 0 bridgehead atoms. The van der Waals surface area contributed by atoms with Gasteiger partial charge in [0.05, 0.1) is 0 Å². The van der Waals surface area contributed by atoms with E-state index in [1.54, 1.807) is 0 Å². The smallest absolute Gasteiger partial charge is 0.274 e. The van der Waals surface area contributed by atoms with Gasteiger partial charge in [-0.25, -0.2) is 4.98 Å². The van der Waals surface area contributed by atoms with Crippen LogP contribution in [0.5, 0.6) is 0 Å². The standard InChI is InChI=1S/C19H26N4O/c1-14-7-5-9-17-21-15(13-23(14)17)18(24)22-12-6-10-19(2)16(22)8-3-4-11-20-19/h5,7,9,13,16,20H,3-4,6,8,10-12H2,1-2H3/t16-,19-/m0/s1. The Morgan fingerprint density at radius 2 is 2.21 bits per heavy atom. The minimum Gasteiger partial charge on any atom is -0.332 e. The van der Waals surface area contributed by atoms with Crippen molar-refractivity contribution >= 4 is 11.6 Å². The molecular formula is C19H26N4O. The lowest BCUT2D eigenvalue weighted by Crippen LogP contribution is -2.62. The molecule has 4 rings (SSSR count). The van der Waals surface area contributed by atoms with Crippen molar-refractivity contribution in [3.05, 3.63) is 35.8 Å². The molecule has 4 heterocycles. The summed E-state index contributed by atoms with van der Waals surface area (Å²) < 4.78 is 2.00. The minimum absolute atomic E-state index is 0.0412. The van der Waals surface area contributed by atoms with Crippen LogP contribution >= 0.6 is 0 Å². The van der Waals surface area contributed by atoms with Crippen LogP contribution in [0.3, 0.4) is 0 Å². The molecule has 24 heavy (non-hydrogen) atoms. The van der Waals surface area contributed by atoms with E-state index in [0.717, 1.165) is 43.7 Å². The maximum absolute atomic E-state index is 13.2. The molecule has 5 heteroatoms. The van der Waals surface area contributed by atoms with Crippen molar-refractivity contribution in [2.75, 3.05) is 13.1 Å². The summed E-state index contributed by atoms with van der Waals surface area (Å²) in [5, 5.41) is 3.71. The predicted octanol–water partition coefficient (Wildman–Crippen LogP) is 2.78. The number of carbonyl (C=O) groups excluding carboxylic acids is 1. The SMILES string of the molecule is Cc1cccc2nc(C(=O)N3CCC[C@]4(C)NCCCC[C@H]34)cn12. The van der Waals surface area contributed by atoms with Gasteiger partial charge in [0, 0.05) is 30.0 Å².